The first-order chi connectivity index (χ1) is 10.3. The second kappa shape index (κ2) is 6.77. The summed E-state index contributed by atoms with van der Waals surface area (Å²) in [6.45, 7) is 8.50. The number of nitrogens with one attached hydrogen (secondary N) is 1. The minimum atomic E-state index is 0.415. The molecule has 2 aliphatic rings. The summed E-state index contributed by atoms with van der Waals surface area (Å²) >= 11 is 0. The van der Waals surface area contributed by atoms with E-state index >= 15 is 0 Å². The maximum atomic E-state index is 5.46. The maximum absolute atomic E-state index is 5.46. The predicted octanol–water partition coefficient (Wildman–Crippen LogP) is 1.88. The third kappa shape index (κ3) is 3.39. The summed E-state index contributed by atoms with van der Waals surface area (Å²) in [7, 11) is 2.01. The minimum absolute atomic E-state index is 0.415. The summed E-state index contributed by atoms with van der Waals surface area (Å²) < 4.78 is 5.46. The molecule has 3 rings (SSSR count). The van der Waals surface area contributed by atoms with E-state index in [0.717, 1.165) is 32.8 Å². The van der Waals surface area contributed by atoms with Gasteiger partial charge in [-0.05, 0) is 38.1 Å². The Morgan fingerprint density at radius 3 is 2.52 bits per heavy atom. The molecule has 21 heavy (non-hydrogen) atoms. The SMILES string of the molecule is CNC(C)c1ccc(N2CCC(N3CCOCC3)C2)cc1. The Hall–Kier alpha value is -1.10. The molecule has 4 nitrogen and oxygen atoms in total. The van der Waals surface area contributed by atoms with Gasteiger partial charge in [-0.15, -0.1) is 0 Å². The fourth-order valence-corrected chi connectivity index (χ4v) is 3.36. The molecule has 2 aliphatic heterocycles. The van der Waals surface area contributed by atoms with Crippen LogP contribution < -0.4 is 10.2 Å². The van der Waals surface area contributed by atoms with Crippen LogP contribution >= 0.6 is 0 Å². The number of anilines is 1. The normalized spacial score (nSPS) is 25.2. The fraction of sp³-hybridized carbons (Fsp3) is 0.647. The first kappa shape index (κ1) is 14.8. The second-order valence-electron chi connectivity index (χ2n) is 6.14. The van der Waals surface area contributed by atoms with E-state index in [2.05, 4.69) is 46.3 Å². The molecule has 2 fully saturated rings. The van der Waals surface area contributed by atoms with Crippen LogP contribution in [0.1, 0.15) is 24.9 Å². The van der Waals surface area contributed by atoms with Gasteiger partial charge in [-0.25, -0.2) is 0 Å². The van der Waals surface area contributed by atoms with Gasteiger partial charge in [-0.3, -0.25) is 4.90 Å². The molecule has 2 heterocycles. The van der Waals surface area contributed by atoms with Crippen LogP contribution in [0.2, 0.25) is 0 Å². The third-order valence-electron chi connectivity index (χ3n) is 4.92. The van der Waals surface area contributed by atoms with Crippen LogP contribution in [0.25, 0.3) is 0 Å². The van der Waals surface area contributed by atoms with E-state index in [9.17, 15) is 0 Å². The van der Waals surface area contributed by atoms with Crippen LogP contribution in [0.15, 0.2) is 24.3 Å². The highest BCUT2D eigenvalue weighted by atomic mass is 16.5. The zero-order chi connectivity index (χ0) is 14.7. The Labute approximate surface area is 128 Å². The maximum Gasteiger partial charge on any atom is 0.0594 e. The van der Waals surface area contributed by atoms with Gasteiger partial charge in [0.2, 0.25) is 0 Å². The summed E-state index contributed by atoms with van der Waals surface area (Å²) in [5, 5.41) is 3.29. The molecule has 2 unspecified atom stereocenters. The number of rotatable bonds is 4. The van der Waals surface area contributed by atoms with Crippen molar-refractivity contribution in [2.24, 2.45) is 0 Å². The molecular formula is C17H27N3O. The summed E-state index contributed by atoms with van der Waals surface area (Å²) in [4.78, 5) is 5.12. The van der Waals surface area contributed by atoms with Gasteiger partial charge >= 0.3 is 0 Å². The third-order valence-corrected chi connectivity index (χ3v) is 4.92. The zero-order valence-electron chi connectivity index (χ0n) is 13.2. The molecule has 1 aromatic rings. The lowest BCUT2D eigenvalue weighted by Crippen LogP contribution is -2.44. The molecule has 0 saturated carbocycles. The van der Waals surface area contributed by atoms with Gasteiger partial charge in [-0.1, -0.05) is 12.1 Å². The fourth-order valence-electron chi connectivity index (χ4n) is 3.36. The number of benzene rings is 1. The number of morpholine rings is 1. The van der Waals surface area contributed by atoms with Crippen LogP contribution in [-0.2, 0) is 4.74 Å². The zero-order valence-corrected chi connectivity index (χ0v) is 13.2. The van der Waals surface area contributed by atoms with Crippen molar-refractivity contribution in [1.29, 1.82) is 0 Å². The van der Waals surface area contributed by atoms with Crippen molar-refractivity contribution in [3.8, 4) is 0 Å². The van der Waals surface area contributed by atoms with Gasteiger partial charge in [0, 0.05) is 44.0 Å². The van der Waals surface area contributed by atoms with Crippen molar-refractivity contribution in [2.75, 3.05) is 51.3 Å². The van der Waals surface area contributed by atoms with Crippen LogP contribution in [0.4, 0.5) is 5.69 Å². The molecule has 1 N–H and O–H groups in total. The van der Waals surface area contributed by atoms with Crippen molar-refractivity contribution < 1.29 is 4.74 Å². The van der Waals surface area contributed by atoms with Gasteiger partial charge in [0.25, 0.3) is 0 Å². The molecule has 2 saturated heterocycles. The van der Waals surface area contributed by atoms with E-state index < -0.39 is 0 Å². The molecule has 1 aromatic carbocycles. The monoisotopic (exact) mass is 289 g/mol. The van der Waals surface area contributed by atoms with Gasteiger partial charge in [0.1, 0.15) is 0 Å². The Morgan fingerprint density at radius 1 is 1.14 bits per heavy atom. The van der Waals surface area contributed by atoms with Crippen LogP contribution in [-0.4, -0.2) is 57.4 Å². The molecule has 0 bridgehead atoms. The Bertz CT molecular complexity index is 442. The van der Waals surface area contributed by atoms with E-state index in [4.69, 9.17) is 4.74 Å². The summed E-state index contributed by atoms with van der Waals surface area (Å²) in [6.07, 6.45) is 1.27. The highest BCUT2D eigenvalue weighted by Crippen LogP contribution is 2.25. The van der Waals surface area contributed by atoms with Gasteiger partial charge in [-0.2, -0.15) is 0 Å². The molecule has 0 radical (unpaired) electrons. The van der Waals surface area contributed by atoms with Crippen molar-refractivity contribution in [3.05, 3.63) is 29.8 Å². The van der Waals surface area contributed by atoms with Crippen molar-refractivity contribution in [1.82, 2.24) is 10.2 Å². The number of ether oxygens (including phenoxy) is 1. The van der Waals surface area contributed by atoms with Crippen LogP contribution in [0.3, 0.4) is 0 Å². The van der Waals surface area contributed by atoms with Crippen molar-refractivity contribution >= 4 is 5.69 Å². The largest absolute Gasteiger partial charge is 0.379 e. The van der Waals surface area contributed by atoms with Gasteiger partial charge in [0.05, 0.1) is 13.2 Å². The Kier molecular flexibility index (Phi) is 4.78. The lowest BCUT2D eigenvalue weighted by Gasteiger charge is -2.32. The molecule has 0 aliphatic carbocycles. The number of hydrogen-bond donors (Lipinski definition) is 1. The average molecular weight is 289 g/mol. The number of nitrogens with zero attached hydrogens (tertiary/aromatic N) is 2. The molecule has 0 spiro atoms. The summed E-state index contributed by atoms with van der Waals surface area (Å²) in [5.74, 6) is 0. The van der Waals surface area contributed by atoms with Crippen LogP contribution in [0.5, 0.6) is 0 Å². The highest BCUT2D eigenvalue weighted by Gasteiger charge is 2.28. The van der Waals surface area contributed by atoms with E-state index in [1.54, 1.807) is 0 Å². The predicted molar refractivity (Wildman–Crippen MR) is 86.9 cm³/mol. The lowest BCUT2D eigenvalue weighted by molar-refractivity contribution is 0.0209. The Morgan fingerprint density at radius 2 is 1.86 bits per heavy atom. The van der Waals surface area contributed by atoms with Crippen molar-refractivity contribution in [3.63, 3.8) is 0 Å². The molecule has 2 atom stereocenters. The quantitative estimate of drug-likeness (QED) is 0.916. The minimum Gasteiger partial charge on any atom is -0.379 e. The summed E-state index contributed by atoms with van der Waals surface area (Å²) in [6, 6.07) is 10.1. The lowest BCUT2D eigenvalue weighted by atomic mass is 10.1. The average Bonchev–Trinajstić information content (AvgIpc) is 3.05. The van der Waals surface area contributed by atoms with E-state index in [0.29, 0.717) is 12.1 Å². The number of hydrogen-bond acceptors (Lipinski definition) is 4. The van der Waals surface area contributed by atoms with Crippen molar-refractivity contribution in [2.45, 2.75) is 25.4 Å². The van der Waals surface area contributed by atoms with Gasteiger partial charge < -0.3 is 15.0 Å². The highest BCUT2D eigenvalue weighted by molar-refractivity contribution is 5.49. The molecule has 0 amide bonds. The molecule has 116 valence electrons. The second-order valence-corrected chi connectivity index (χ2v) is 6.14. The summed E-state index contributed by atoms with van der Waals surface area (Å²) in [5.41, 5.74) is 2.71. The molecular weight excluding hydrogens is 262 g/mol. The van der Waals surface area contributed by atoms with Crippen LogP contribution in [0, 0.1) is 0 Å². The standard InChI is InChI=1S/C17H27N3O/c1-14(18-2)15-3-5-16(6-4-15)20-8-7-17(13-20)19-9-11-21-12-10-19/h3-6,14,17-18H,7-13H2,1-2H3. The molecule has 4 heteroatoms. The van der Waals surface area contributed by atoms with E-state index in [-0.39, 0.29) is 0 Å². The topological polar surface area (TPSA) is 27.7 Å². The molecule has 0 aromatic heterocycles. The first-order valence-electron chi connectivity index (χ1n) is 8.12. The Balaban J connectivity index is 1.60. The smallest absolute Gasteiger partial charge is 0.0594 e. The van der Waals surface area contributed by atoms with E-state index in [1.165, 1.54) is 24.2 Å². The first-order valence-corrected chi connectivity index (χ1v) is 8.12. The van der Waals surface area contributed by atoms with E-state index in [1.807, 2.05) is 7.05 Å². The van der Waals surface area contributed by atoms with Gasteiger partial charge in [0.15, 0.2) is 0 Å².